The average Bonchev–Trinajstić information content (AvgIpc) is 3.42. The lowest BCUT2D eigenvalue weighted by Gasteiger charge is -2.21. The third-order valence-corrected chi connectivity index (χ3v) is 6.93. The molecule has 1 aliphatic heterocycles. The number of imidazole rings is 1. The molecule has 0 bridgehead atoms. The molecule has 0 saturated heterocycles. The van der Waals surface area contributed by atoms with Gasteiger partial charge in [0.05, 0.1) is 22.0 Å². The summed E-state index contributed by atoms with van der Waals surface area (Å²) >= 11 is 1.51. The zero-order chi connectivity index (χ0) is 23.2. The lowest BCUT2D eigenvalue weighted by molar-refractivity contribution is 0.0940. The number of ether oxygens (including phenoxy) is 2. The molecule has 1 N–H and O–H groups in total. The second-order valence-electron chi connectivity index (χ2n) is 8.17. The monoisotopic (exact) mass is 473 g/mol. The first-order valence-corrected chi connectivity index (χ1v) is 11.7. The molecular weight excluding hydrogens is 453 g/mol. The lowest BCUT2D eigenvalue weighted by Crippen LogP contribution is -2.26. The number of hydrogen-bond acceptors (Lipinski definition) is 5. The highest BCUT2D eigenvalue weighted by Crippen LogP contribution is 2.33. The number of halogens is 1. The zero-order valence-corrected chi connectivity index (χ0v) is 19.1. The molecule has 34 heavy (non-hydrogen) atoms. The third-order valence-electron chi connectivity index (χ3n) is 5.91. The average molecular weight is 474 g/mol. The molecule has 0 radical (unpaired) electrons. The van der Waals surface area contributed by atoms with E-state index in [1.54, 1.807) is 12.1 Å². The van der Waals surface area contributed by atoms with Crippen molar-refractivity contribution >= 4 is 32.4 Å². The molecule has 5 aromatic rings. The molecule has 0 unspecified atom stereocenters. The molecule has 3 aromatic carbocycles. The van der Waals surface area contributed by atoms with Crippen LogP contribution in [0.5, 0.6) is 11.5 Å². The van der Waals surface area contributed by atoms with Gasteiger partial charge in [0.2, 0.25) is 0 Å². The molecule has 8 heteroatoms. The quantitative estimate of drug-likeness (QED) is 0.368. The van der Waals surface area contributed by atoms with Gasteiger partial charge >= 0.3 is 0 Å². The van der Waals surface area contributed by atoms with Crippen LogP contribution >= 0.6 is 11.3 Å². The fourth-order valence-corrected chi connectivity index (χ4v) is 5.14. The van der Waals surface area contributed by atoms with Crippen molar-refractivity contribution in [2.45, 2.75) is 13.0 Å². The third kappa shape index (κ3) is 3.66. The Kier molecular flexibility index (Phi) is 4.95. The molecule has 0 aliphatic carbocycles. The number of amides is 1. The van der Waals surface area contributed by atoms with Crippen LogP contribution in [0, 0.1) is 5.82 Å². The standard InChI is InChI=1S/C26H20FN3O3S/c1-15(17-5-9-22-23(12-17)33-11-10-32-22)28-25(31)18-4-8-21-24(13-18)34-26-29-20(14-30(21)26)16-2-6-19(27)7-3-16/h2-9,12-15H,10-11H2,1H3,(H,28,31)/t15-/m0/s1. The first-order valence-electron chi connectivity index (χ1n) is 10.9. The number of carbonyl (C=O) groups is 1. The molecule has 3 heterocycles. The Balaban J connectivity index is 1.24. The normalized spacial score (nSPS) is 13.8. The van der Waals surface area contributed by atoms with Gasteiger partial charge < -0.3 is 14.8 Å². The molecule has 0 spiro atoms. The lowest BCUT2D eigenvalue weighted by atomic mass is 10.1. The first kappa shape index (κ1) is 20.7. The largest absolute Gasteiger partial charge is 0.486 e. The number of nitrogens with one attached hydrogen (secondary N) is 1. The minimum atomic E-state index is -0.274. The van der Waals surface area contributed by atoms with Crippen LogP contribution in [-0.2, 0) is 0 Å². The molecular formula is C26H20FN3O3S. The number of nitrogens with zero attached hydrogens (tertiary/aromatic N) is 2. The maximum absolute atomic E-state index is 13.2. The van der Waals surface area contributed by atoms with Crippen LogP contribution in [0.3, 0.4) is 0 Å². The second-order valence-corrected chi connectivity index (χ2v) is 9.18. The second kappa shape index (κ2) is 8.14. The maximum atomic E-state index is 13.2. The van der Waals surface area contributed by atoms with Crippen molar-refractivity contribution in [1.82, 2.24) is 14.7 Å². The van der Waals surface area contributed by atoms with E-state index >= 15 is 0 Å². The molecule has 2 aromatic heterocycles. The van der Waals surface area contributed by atoms with Crippen LogP contribution in [0.2, 0.25) is 0 Å². The van der Waals surface area contributed by atoms with E-state index < -0.39 is 0 Å². The molecule has 1 amide bonds. The number of thiazole rings is 1. The summed E-state index contributed by atoms with van der Waals surface area (Å²) in [5.41, 5.74) is 4.14. The van der Waals surface area contributed by atoms with Gasteiger partial charge in [-0.2, -0.15) is 0 Å². The topological polar surface area (TPSA) is 64.9 Å². The van der Waals surface area contributed by atoms with Crippen LogP contribution in [0.25, 0.3) is 26.4 Å². The zero-order valence-electron chi connectivity index (χ0n) is 18.2. The van der Waals surface area contributed by atoms with Crippen LogP contribution < -0.4 is 14.8 Å². The van der Waals surface area contributed by atoms with Crippen molar-refractivity contribution in [3.05, 3.63) is 83.8 Å². The number of hydrogen-bond donors (Lipinski definition) is 1. The Bertz CT molecular complexity index is 1540. The van der Waals surface area contributed by atoms with Gasteiger partial charge in [0.1, 0.15) is 19.0 Å². The van der Waals surface area contributed by atoms with Crippen molar-refractivity contribution in [1.29, 1.82) is 0 Å². The van der Waals surface area contributed by atoms with Crippen molar-refractivity contribution in [2.75, 3.05) is 13.2 Å². The van der Waals surface area contributed by atoms with E-state index in [1.165, 1.54) is 23.5 Å². The van der Waals surface area contributed by atoms with Gasteiger partial charge in [0.25, 0.3) is 5.91 Å². The molecule has 0 saturated carbocycles. The summed E-state index contributed by atoms with van der Waals surface area (Å²) in [6, 6.07) is 17.5. The highest BCUT2D eigenvalue weighted by atomic mass is 32.1. The van der Waals surface area contributed by atoms with Crippen molar-refractivity contribution < 1.29 is 18.7 Å². The van der Waals surface area contributed by atoms with Crippen molar-refractivity contribution in [2.24, 2.45) is 0 Å². The predicted molar refractivity (Wildman–Crippen MR) is 129 cm³/mol. The Morgan fingerprint density at radius 2 is 1.85 bits per heavy atom. The summed E-state index contributed by atoms with van der Waals surface area (Å²) < 4.78 is 27.4. The highest BCUT2D eigenvalue weighted by Gasteiger charge is 2.18. The Hall–Kier alpha value is -3.91. The summed E-state index contributed by atoms with van der Waals surface area (Å²) in [5, 5.41) is 3.06. The number of fused-ring (bicyclic) bond motifs is 4. The van der Waals surface area contributed by atoms with Gasteiger partial charge in [0, 0.05) is 17.3 Å². The Labute approximate surface area is 198 Å². The maximum Gasteiger partial charge on any atom is 0.251 e. The number of carbonyl (C=O) groups excluding carboxylic acids is 1. The summed E-state index contributed by atoms with van der Waals surface area (Å²) in [7, 11) is 0. The Morgan fingerprint density at radius 3 is 2.68 bits per heavy atom. The van der Waals surface area contributed by atoms with Crippen LogP contribution in [0.15, 0.2) is 66.9 Å². The van der Waals surface area contributed by atoms with E-state index in [0.29, 0.717) is 24.5 Å². The summed E-state index contributed by atoms with van der Waals surface area (Å²) in [5.74, 6) is 1.00. The van der Waals surface area contributed by atoms with Gasteiger partial charge in [-0.15, -0.1) is 0 Å². The predicted octanol–water partition coefficient (Wildman–Crippen LogP) is 5.62. The Morgan fingerprint density at radius 1 is 1.06 bits per heavy atom. The first-order chi connectivity index (χ1) is 16.5. The van der Waals surface area contributed by atoms with Gasteiger partial charge in [-0.3, -0.25) is 9.20 Å². The minimum Gasteiger partial charge on any atom is -0.486 e. The van der Waals surface area contributed by atoms with E-state index in [0.717, 1.165) is 37.7 Å². The SMILES string of the molecule is C[C@H](NC(=O)c1ccc2c(c1)sc1nc(-c3ccc(F)cc3)cn12)c1ccc2c(c1)OCCO2. The summed E-state index contributed by atoms with van der Waals surface area (Å²) in [6.07, 6.45) is 1.94. The molecule has 6 rings (SSSR count). The summed E-state index contributed by atoms with van der Waals surface area (Å²) in [6.45, 7) is 3.01. The van der Waals surface area contributed by atoms with E-state index in [1.807, 2.05) is 53.9 Å². The number of aromatic nitrogens is 2. The summed E-state index contributed by atoms with van der Waals surface area (Å²) in [4.78, 5) is 18.5. The van der Waals surface area contributed by atoms with Crippen molar-refractivity contribution in [3.63, 3.8) is 0 Å². The van der Waals surface area contributed by atoms with Gasteiger partial charge in [0.15, 0.2) is 16.5 Å². The molecule has 6 nitrogen and oxygen atoms in total. The van der Waals surface area contributed by atoms with E-state index in [-0.39, 0.29) is 17.8 Å². The fraction of sp³-hybridized carbons (Fsp3) is 0.154. The van der Waals surface area contributed by atoms with Crippen LogP contribution in [0.4, 0.5) is 4.39 Å². The van der Waals surface area contributed by atoms with Crippen molar-refractivity contribution in [3.8, 4) is 22.8 Å². The molecule has 1 aliphatic rings. The number of rotatable bonds is 4. The fourth-order valence-electron chi connectivity index (χ4n) is 4.09. The van der Waals surface area contributed by atoms with Crippen LogP contribution in [-0.4, -0.2) is 28.5 Å². The minimum absolute atomic E-state index is 0.151. The van der Waals surface area contributed by atoms with Gasteiger partial charge in [-0.25, -0.2) is 9.37 Å². The van der Waals surface area contributed by atoms with Gasteiger partial charge in [-0.1, -0.05) is 17.4 Å². The van der Waals surface area contributed by atoms with Gasteiger partial charge in [-0.05, 0) is 67.1 Å². The van der Waals surface area contributed by atoms with E-state index in [9.17, 15) is 9.18 Å². The smallest absolute Gasteiger partial charge is 0.251 e. The highest BCUT2D eigenvalue weighted by molar-refractivity contribution is 7.23. The van der Waals surface area contributed by atoms with E-state index in [4.69, 9.17) is 9.47 Å². The molecule has 1 atom stereocenters. The van der Waals surface area contributed by atoms with E-state index in [2.05, 4.69) is 10.3 Å². The van der Waals surface area contributed by atoms with Crippen LogP contribution in [0.1, 0.15) is 28.9 Å². The molecule has 0 fully saturated rings. The number of benzene rings is 3. The molecule has 170 valence electrons.